The first kappa shape index (κ1) is 16.9. The topological polar surface area (TPSA) is 26.7 Å². The molecule has 0 bridgehead atoms. The Balaban J connectivity index is 2.59. The minimum atomic E-state index is 0.278. The average molecular weight is 270 g/mol. The summed E-state index contributed by atoms with van der Waals surface area (Å²) < 4.78 is 0. The van der Waals surface area contributed by atoms with E-state index in [1.54, 1.807) is 0 Å². The van der Waals surface area contributed by atoms with Crippen molar-refractivity contribution in [2.45, 2.75) is 66.0 Å². The normalized spacial score (nSPS) is 22.3. The minimum absolute atomic E-state index is 0.278. The molecule has 0 aromatic heterocycles. The Morgan fingerprint density at radius 3 is 2.32 bits per heavy atom. The Bertz CT molecular complexity index is 243. The molecule has 0 amide bonds. The van der Waals surface area contributed by atoms with E-state index in [1.807, 2.05) is 0 Å². The zero-order chi connectivity index (χ0) is 14.3. The van der Waals surface area contributed by atoms with Gasteiger partial charge in [-0.1, -0.05) is 53.4 Å². The smallest absolute Gasteiger partial charge is 0.0676 e. The van der Waals surface area contributed by atoms with Gasteiger partial charge in [0.15, 0.2) is 0 Å². The molecule has 1 aliphatic rings. The van der Waals surface area contributed by atoms with E-state index in [0.29, 0.717) is 11.6 Å². The van der Waals surface area contributed by atoms with Crippen molar-refractivity contribution in [1.82, 2.24) is 9.80 Å². The molecule has 3 nitrogen and oxygen atoms in total. The number of hydrogen-bond acceptors (Lipinski definition) is 3. The highest BCUT2D eigenvalue weighted by molar-refractivity contribution is 4.91. The van der Waals surface area contributed by atoms with E-state index in [4.69, 9.17) is 0 Å². The van der Waals surface area contributed by atoms with Gasteiger partial charge in [0.2, 0.25) is 0 Å². The molecule has 1 rings (SSSR count). The van der Waals surface area contributed by atoms with Gasteiger partial charge >= 0.3 is 0 Å². The molecule has 0 saturated carbocycles. The molecule has 1 heterocycles. The molecule has 0 aliphatic carbocycles. The summed E-state index contributed by atoms with van der Waals surface area (Å²) in [6.07, 6.45) is 7.16. The van der Waals surface area contributed by atoms with E-state index in [0.717, 1.165) is 26.2 Å². The third-order valence-corrected chi connectivity index (χ3v) is 4.53. The second-order valence-corrected chi connectivity index (χ2v) is 6.56. The van der Waals surface area contributed by atoms with Crippen LogP contribution in [0.25, 0.3) is 0 Å². The van der Waals surface area contributed by atoms with Crippen LogP contribution in [0.4, 0.5) is 0 Å². The van der Waals surface area contributed by atoms with Crippen LogP contribution in [0.15, 0.2) is 0 Å². The summed E-state index contributed by atoms with van der Waals surface area (Å²) in [6.45, 7) is 13.8. The predicted molar refractivity (Wildman–Crippen MR) is 82.2 cm³/mol. The van der Waals surface area contributed by atoms with Gasteiger partial charge in [-0.2, -0.15) is 0 Å². The molecular formula is C16H34N2O. The Morgan fingerprint density at radius 2 is 1.74 bits per heavy atom. The lowest BCUT2D eigenvalue weighted by Crippen LogP contribution is -2.49. The number of aliphatic hydroxyl groups is 1. The Morgan fingerprint density at radius 1 is 1.05 bits per heavy atom. The van der Waals surface area contributed by atoms with Gasteiger partial charge in [0.1, 0.15) is 0 Å². The fraction of sp³-hybridized carbons (Fsp3) is 1.00. The Labute approximate surface area is 120 Å². The molecule has 1 aliphatic heterocycles. The van der Waals surface area contributed by atoms with E-state index in [2.05, 4.69) is 37.5 Å². The van der Waals surface area contributed by atoms with Crippen molar-refractivity contribution < 1.29 is 5.11 Å². The van der Waals surface area contributed by atoms with Gasteiger partial charge in [-0.25, -0.2) is 0 Å². The van der Waals surface area contributed by atoms with Crippen molar-refractivity contribution in [1.29, 1.82) is 0 Å². The molecule has 114 valence electrons. The predicted octanol–water partition coefficient (Wildman–Crippen LogP) is 2.94. The van der Waals surface area contributed by atoms with Crippen LogP contribution in [0.2, 0.25) is 0 Å². The first-order valence-corrected chi connectivity index (χ1v) is 8.15. The molecule has 0 aromatic carbocycles. The summed E-state index contributed by atoms with van der Waals surface area (Å²) in [5.41, 5.74) is 0.315. The highest BCUT2D eigenvalue weighted by Crippen LogP contribution is 2.35. The summed E-state index contributed by atoms with van der Waals surface area (Å²) >= 11 is 0. The van der Waals surface area contributed by atoms with Crippen LogP contribution in [-0.4, -0.2) is 53.9 Å². The van der Waals surface area contributed by atoms with Crippen molar-refractivity contribution >= 4 is 0 Å². The first-order valence-electron chi connectivity index (χ1n) is 8.15. The Kier molecular flexibility index (Phi) is 7.33. The molecule has 1 atom stereocenters. The number of likely N-dealkylation sites (N-methyl/N-ethyl adjacent to an activating group) is 1. The maximum Gasteiger partial charge on any atom is 0.0676 e. The Hall–Kier alpha value is -0.120. The zero-order valence-corrected chi connectivity index (χ0v) is 13.5. The van der Waals surface area contributed by atoms with Crippen molar-refractivity contribution in [3.63, 3.8) is 0 Å². The van der Waals surface area contributed by atoms with Gasteiger partial charge < -0.3 is 5.11 Å². The number of hydrogen-bond donors (Lipinski definition) is 1. The van der Waals surface area contributed by atoms with Crippen LogP contribution in [0.5, 0.6) is 0 Å². The second kappa shape index (κ2) is 8.23. The first-order chi connectivity index (χ1) is 9.06. The lowest BCUT2D eigenvalue weighted by molar-refractivity contribution is 0.0158. The molecule has 0 aromatic rings. The summed E-state index contributed by atoms with van der Waals surface area (Å²) in [5.74, 6) is 0. The molecule has 1 saturated heterocycles. The lowest BCUT2D eigenvalue weighted by Gasteiger charge is -2.42. The largest absolute Gasteiger partial charge is 0.395 e. The molecular weight excluding hydrogens is 236 g/mol. The van der Waals surface area contributed by atoms with Gasteiger partial charge in [-0.3, -0.25) is 9.80 Å². The van der Waals surface area contributed by atoms with Gasteiger partial charge in [-0.15, -0.1) is 0 Å². The van der Waals surface area contributed by atoms with Crippen molar-refractivity contribution in [3.05, 3.63) is 0 Å². The maximum atomic E-state index is 9.25. The van der Waals surface area contributed by atoms with E-state index in [9.17, 15) is 5.11 Å². The number of nitrogens with zero attached hydrogens (tertiary/aromatic N) is 2. The second-order valence-electron chi connectivity index (χ2n) is 6.56. The fourth-order valence-electron chi connectivity index (χ4n) is 3.55. The van der Waals surface area contributed by atoms with Crippen LogP contribution in [0, 0.1) is 5.41 Å². The number of β-amino-alcohol motifs (C(OH)–C–C–N with tert-alkyl or cyclic N) is 1. The lowest BCUT2D eigenvalue weighted by atomic mass is 9.82. The third kappa shape index (κ3) is 4.73. The third-order valence-electron chi connectivity index (χ3n) is 4.53. The number of unbranched alkanes of at least 4 members (excludes halogenated alkanes) is 3. The SMILES string of the molecule is CCCCCCC(C)(C)C1N(CC)CCN1CCO. The van der Waals surface area contributed by atoms with Gasteiger partial charge in [0.05, 0.1) is 12.8 Å². The van der Waals surface area contributed by atoms with Gasteiger partial charge in [0.25, 0.3) is 0 Å². The highest BCUT2D eigenvalue weighted by Gasteiger charge is 2.40. The van der Waals surface area contributed by atoms with E-state index in [-0.39, 0.29) is 6.61 Å². The summed E-state index contributed by atoms with van der Waals surface area (Å²) in [5, 5.41) is 9.25. The molecule has 19 heavy (non-hydrogen) atoms. The van der Waals surface area contributed by atoms with Crippen molar-refractivity contribution in [2.75, 3.05) is 32.8 Å². The molecule has 1 fully saturated rings. The quantitative estimate of drug-likeness (QED) is 0.653. The van der Waals surface area contributed by atoms with Crippen LogP contribution in [-0.2, 0) is 0 Å². The summed E-state index contributed by atoms with van der Waals surface area (Å²) in [4.78, 5) is 5.05. The maximum absolute atomic E-state index is 9.25. The molecule has 1 N–H and O–H groups in total. The van der Waals surface area contributed by atoms with Crippen molar-refractivity contribution in [2.24, 2.45) is 5.41 Å². The zero-order valence-electron chi connectivity index (χ0n) is 13.5. The van der Waals surface area contributed by atoms with Gasteiger partial charge in [0, 0.05) is 19.6 Å². The van der Waals surface area contributed by atoms with E-state index >= 15 is 0 Å². The monoisotopic (exact) mass is 270 g/mol. The number of aliphatic hydroxyl groups excluding tert-OH is 1. The number of rotatable bonds is 9. The van der Waals surface area contributed by atoms with Crippen LogP contribution in [0.3, 0.4) is 0 Å². The molecule has 3 heteroatoms. The van der Waals surface area contributed by atoms with Crippen LogP contribution >= 0.6 is 0 Å². The summed E-state index contributed by atoms with van der Waals surface area (Å²) in [7, 11) is 0. The van der Waals surface area contributed by atoms with Crippen LogP contribution < -0.4 is 0 Å². The molecule has 0 spiro atoms. The fourth-order valence-corrected chi connectivity index (χ4v) is 3.55. The van der Waals surface area contributed by atoms with E-state index < -0.39 is 0 Å². The highest BCUT2D eigenvalue weighted by atomic mass is 16.3. The minimum Gasteiger partial charge on any atom is -0.395 e. The van der Waals surface area contributed by atoms with Crippen molar-refractivity contribution in [3.8, 4) is 0 Å². The van der Waals surface area contributed by atoms with E-state index in [1.165, 1.54) is 32.1 Å². The van der Waals surface area contributed by atoms with Gasteiger partial charge in [-0.05, 0) is 18.4 Å². The summed E-state index contributed by atoms with van der Waals surface area (Å²) in [6, 6.07) is 0. The molecule has 1 unspecified atom stereocenters. The molecule has 0 radical (unpaired) electrons. The van der Waals surface area contributed by atoms with Crippen LogP contribution in [0.1, 0.15) is 59.8 Å². The average Bonchev–Trinajstić information content (AvgIpc) is 2.79. The standard InChI is InChI=1S/C16H34N2O/c1-5-7-8-9-10-16(3,4)15-17(6-2)11-12-18(15)13-14-19/h15,19H,5-14H2,1-4H3.